The van der Waals surface area contributed by atoms with Crippen LogP contribution in [0.15, 0.2) is 30.6 Å². The first-order chi connectivity index (χ1) is 8.58. The molecule has 1 N–H and O–H groups in total. The third-order valence-corrected chi connectivity index (χ3v) is 3.75. The summed E-state index contributed by atoms with van der Waals surface area (Å²) in [6.45, 7) is 0. The molecule has 2 aromatic rings. The van der Waals surface area contributed by atoms with Crippen LogP contribution in [0.3, 0.4) is 0 Å². The van der Waals surface area contributed by atoms with Gasteiger partial charge in [-0.1, -0.05) is 6.07 Å². The van der Waals surface area contributed by atoms with Crippen molar-refractivity contribution in [2.45, 2.75) is 24.9 Å². The molecule has 0 spiro atoms. The summed E-state index contributed by atoms with van der Waals surface area (Å²) in [5.41, 5.74) is 0.834. The second kappa shape index (κ2) is 3.92. The smallest absolute Gasteiger partial charge is 0.123 e. The quantitative estimate of drug-likeness (QED) is 0.879. The van der Waals surface area contributed by atoms with Crippen molar-refractivity contribution in [2.75, 3.05) is 0 Å². The molecule has 0 aliphatic heterocycles. The summed E-state index contributed by atoms with van der Waals surface area (Å²) in [6.07, 6.45) is 5.39. The lowest BCUT2D eigenvalue weighted by molar-refractivity contribution is 0.0362. The Morgan fingerprint density at radius 1 is 1.50 bits per heavy atom. The molecule has 94 valence electrons. The Labute approximate surface area is 105 Å². The summed E-state index contributed by atoms with van der Waals surface area (Å²) >= 11 is 0. The zero-order chi connectivity index (χ0) is 12.8. The predicted octanol–water partition coefficient (Wildman–Crippen LogP) is 1.94. The van der Waals surface area contributed by atoms with Crippen LogP contribution in [0, 0.1) is 5.82 Å². The van der Waals surface area contributed by atoms with E-state index in [0.717, 1.165) is 17.0 Å². The van der Waals surface area contributed by atoms with Crippen LogP contribution in [-0.2, 0) is 25.5 Å². The summed E-state index contributed by atoms with van der Waals surface area (Å²) in [6, 6.07) is 4.62. The van der Waals surface area contributed by atoms with Gasteiger partial charge in [0.25, 0.3) is 0 Å². The number of aryl methyl sites for hydroxylation is 2. The molecule has 0 amide bonds. The topological polar surface area (TPSA) is 38.0 Å². The van der Waals surface area contributed by atoms with E-state index in [1.807, 2.05) is 17.8 Å². The van der Waals surface area contributed by atoms with Gasteiger partial charge in [-0.15, -0.1) is 0 Å². The largest absolute Gasteiger partial charge is 0.385 e. The van der Waals surface area contributed by atoms with Crippen molar-refractivity contribution in [1.82, 2.24) is 9.55 Å². The Bertz CT molecular complexity index is 593. The molecule has 18 heavy (non-hydrogen) atoms. The zero-order valence-corrected chi connectivity index (χ0v) is 10.2. The number of aliphatic hydroxyl groups is 1. The number of rotatable bonds is 2. The van der Waals surface area contributed by atoms with E-state index in [9.17, 15) is 9.50 Å². The number of aromatic nitrogens is 2. The van der Waals surface area contributed by atoms with Crippen LogP contribution >= 0.6 is 0 Å². The Morgan fingerprint density at radius 2 is 2.33 bits per heavy atom. The summed E-state index contributed by atoms with van der Waals surface area (Å²) in [7, 11) is 1.91. The van der Waals surface area contributed by atoms with E-state index in [-0.39, 0.29) is 5.82 Å². The maximum absolute atomic E-state index is 13.2. The molecule has 0 radical (unpaired) electrons. The lowest BCUT2D eigenvalue weighted by Crippen LogP contribution is -2.26. The molecule has 1 aromatic carbocycles. The van der Waals surface area contributed by atoms with E-state index in [2.05, 4.69) is 4.98 Å². The van der Waals surface area contributed by atoms with Crippen molar-refractivity contribution in [3.8, 4) is 0 Å². The first kappa shape index (κ1) is 11.4. The SMILES string of the molecule is Cn1ccnc1CC1(O)CCc2cc(F)ccc21. The minimum absolute atomic E-state index is 0.241. The van der Waals surface area contributed by atoms with E-state index >= 15 is 0 Å². The van der Waals surface area contributed by atoms with Crippen molar-refractivity contribution < 1.29 is 9.50 Å². The average Bonchev–Trinajstić information content (AvgIpc) is 2.85. The molecule has 3 nitrogen and oxygen atoms in total. The number of hydrogen-bond donors (Lipinski definition) is 1. The second-order valence-corrected chi connectivity index (χ2v) is 4.96. The molecule has 1 heterocycles. The molecule has 0 saturated carbocycles. The lowest BCUT2D eigenvalue weighted by atomic mass is 9.92. The Hall–Kier alpha value is -1.68. The van der Waals surface area contributed by atoms with Gasteiger partial charge in [0.05, 0.1) is 5.60 Å². The van der Waals surface area contributed by atoms with Gasteiger partial charge in [-0.05, 0) is 36.1 Å². The normalized spacial score (nSPS) is 22.2. The maximum atomic E-state index is 13.2. The highest BCUT2D eigenvalue weighted by Gasteiger charge is 2.37. The van der Waals surface area contributed by atoms with Crippen molar-refractivity contribution in [1.29, 1.82) is 0 Å². The Kier molecular flexibility index (Phi) is 2.48. The number of fused-ring (bicyclic) bond motifs is 1. The fraction of sp³-hybridized carbons (Fsp3) is 0.357. The van der Waals surface area contributed by atoms with Gasteiger partial charge in [0.15, 0.2) is 0 Å². The number of halogens is 1. The van der Waals surface area contributed by atoms with Gasteiger partial charge in [0.1, 0.15) is 11.6 Å². The number of benzene rings is 1. The molecule has 1 unspecified atom stereocenters. The van der Waals surface area contributed by atoms with Gasteiger partial charge < -0.3 is 9.67 Å². The molecule has 0 bridgehead atoms. The van der Waals surface area contributed by atoms with Crippen molar-refractivity contribution in [3.63, 3.8) is 0 Å². The molecule has 0 saturated heterocycles. The number of imidazole rings is 1. The highest BCUT2D eigenvalue weighted by molar-refractivity contribution is 5.38. The zero-order valence-electron chi connectivity index (χ0n) is 10.2. The van der Waals surface area contributed by atoms with E-state index in [0.29, 0.717) is 19.3 Å². The van der Waals surface area contributed by atoms with Gasteiger partial charge >= 0.3 is 0 Å². The summed E-state index contributed by atoms with van der Waals surface area (Å²) in [4.78, 5) is 4.24. The van der Waals surface area contributed by atoms with Crippen LogP contribution in [0.1, 0.15) is 23.4 Å². The van der Waals surface area contributed by atoms with Crippen molar-refractivity contribution in [3.05, 3.63) is 53.4 Å². The second-order valence-electron chi connectivity index (χ2n) is 4.96. The molecule has 4 heteroatoms. The monoisotopic (exact) mass is 246 g/mol. The molecule has 3 rings (SSSR count). The summed E-state index contributed by atoms with van der Waals surface area (Å²) in [5.74, 6) is 0.602. The van der Waals surface area contributed by atoms with E-state index in [1.165, 1.54) is 12.1 Å². The predicted molar refractivity (Wildman–Crippen MR) is 65.5 cm³/mol. The van der Waals surface area contributed by atoms with E-state index in [4.69, 9.17) is 0 Å². The minimum atomic E-state index is -0.915. The van der Waals surface area contributed by atoms with Crippen LogP contribution in [0.5, 0.6) is 0 Å². The maximum Gasteiger partial charge on any atom is 0.123 e. The van der Waals surface area contributed by atoms with Gasteiger partial charge in [0.2, 0.25) is 0 Å². The van der Waals surface area contributed by atoms with E-state index < -0.39 is 5.60 Å². The lowest BCUT2D eigenvalue weighted by Gasteiger charge is -2.23. The van der Waals surface area contributed by atoms with Gasteiger partial charge in [-0.2, -0.15) is 0 Å². The van der Waals surface area contributed by atoms with Gasteiger partial charge in [-0.25, -0.2) is 9.37 Å². The van der Waals surface area contributed by atoms with Crippen molar-refractivity contribution >= 4 is 0 Å². The standard InChI is InChI=1S/C14H15FN2O/c1-17-7-6-16-13(17)9-14(18)5-4-10-8-11(15)2-3-12(10)14/h2-3,6-8,18H,4-5,9H2,1H3. The average molecular weight is 246 g/mol. The fourth-order valence-corrected chi connectivity index (χ4v) is 2.71. The first-order valence-corrected chi connectivity index (χ1v) is 6.06. The third kappa shape index (κ3) is 1.73. The highest BCUT2D eigenvalue weighted by atomic mass is 19.1. The fourth-order valence-electron chi connectivity index (χ4n) is 2.71. The Balaban J connectivity index is 1.97. The molecule has 1 atom stereocenters. The molecular formula is C14H15FN2O. The molecule has 1 aliphatic carbocycles. The van der Waals surface area contributed by atoms with Gasteiger partial charge in [0, 0.05) is 25.9 Å². The number of nitrogens with zero attached hydrogens (tertiary/aromatic N) is 2. The van der Waals surface area contributed by atoms with Gasteiger partial charge in [-0.3, -0.25) is 0 Å². The van der Waals surface area contributed by atoms with Crippen LogP contribution in [0.4, 0.5) is 4.39 Å². The molecule has 1 aromatic heterocycles. The van der Waals surface area contributed by atoms with Crippen LogP contribution < -0.4 is 0 Å². The van der Waals surface area contributed by atoms with Crippen LogP contribution in [0.25, 0.3) is 0 Å². The van der Waals surface area contributed by atoms with Crippen LogP contribution in [-0.4, -0.2) is 14.7 Å². The van der Waals surface area contributed by atoms with Crippen molar-refractivity contribution in [2.24, 2.45) is 7.05 Å². The number of hydrogen-bond acceptors (Lipinski definition) is 2. The summed E-state index contributed by atoms with van der Waals surface area (Å²) < 4.78 is 15.1. The third-order valence-electron chi connectivity index (χ3n) is 3.75. The Morgan fingerprint density at radius 3 is 3.06 bits per heavy atom. The highest BCUT2D eigenvalue weighted by Crippen LogP contribution is 2.39. The molecular weight excluding hydrogens is 231 g/mol. The van der Waals surface area contributed by atoms with Crippen LogP contribution in [0.2, 0.25) is 0 Å². The first-order valence-electron chi connectivity index (χ1n) is 6.06. The molecule has 1 aliphatic rings. The molecule has 0 fully saturated rings. The summed E-state index contributed by atoms with van der Waals surface area (Å²) in [5, 5.41) is 10.8. The minimum Gasteiger partial charge on any atom is -0.385 e. The van der Waals surface area contributed by atoms with E-state index in [1.54, 1.807) is 12.3 Å².